The minimum absolute atomic E-state index is 0.0493. The first kappa shape index (κ1) is 20.7. The number of aryl methyl sites for hydroxylation is 1. The molecule has 144 valence electrons. The van der Waals surface area contributed by atoms with E-state index < -0.39 is 17.8 Å². The number of thiophene rings is 1. The van der Waals surface area contributed by atoms with Crippen LogP contribution < -0.4 is 10.6 Å². The standard InChI is InChI=1S/C18H19ClN2O5S/c1-9-5-6-11(19)7-12(9)20-8-13(22)21-16-14(17(23)25-3)10(2)15(27-16)18(24)26-4/h5-7,20H,8H2,1-4H3,(H,21,22). The molecule has 1 amide bonds. The molecule has 0 radical (unpaired) electrons. The molecular weight excluding hydrogens is 392 g/mol. The van der Waals surface area contributed by atoms with E-state index in [-0.39, 0.29) is 22.0 Å². The first-order valence-electron chi connectivity index (χ1n) is 7.88. The lowest BCUT2D eigenvalue weighted by Gasteiger charge is -2.10. The molecule has 0 atom stereocenters. The summed E-state index contributed by atoms with van der Waals surface area (Å²) >= 11 is 6.92. The van der Waals surface area contributed by atoms with Gasteiger partial charge in [-0.2, -0.15) is 0 Å². The van der Waals surface area contributed by atoms with Gasteiger partial charge in [-0.3, -0.25) is 4.79 Å². The van der Waals surface area contributed by atoms with Crippen molar-refractivity contribution in [3.63, 3.8) is 0 Å². The molecule has 2 N–H and O–H groups in total. The number of methoxy groups -OCH3 is 2. The van der Waals surface area contributed by atoms with Gasteiger partial charge in [-0.25, -0.2) is 9.59 Å². The highest BCUT2D eigenvalue weighted by Gasteiger charge is 2.26. The van der Waals surface area contributed by atoms with Crippen LogP contribution in [0.15, 0.2) is 18.2 Å². The second-order valence-electron chi connectivity index (χ2n) is 5.60. The maximum atomic E-state index is 12.3. The molecule has 0 bridgehead atoms. The van der Waals surface area contributed by atoms with Crippen molar-refractivity contribution in [2.45, 2.75) is 13.8 Å². The quantitative estimate of drug-likeness (QED) is 0.706. The molecule has 1 aromatic carbocycles. The first-order chi connectivity index (χ1) is 12.8. The third kappa shape index (κ3) is 4.78. The first-order valence-corrected chi connectivity index (χ1v) is 9.07. The number of hydrogen-bond acceptors (Lipinski definition) is 7. The number of esters is 2. The number of benzene rings is 1. The number of nitrogens with one attached hydrogen (secondary N) is 2. The van der Waals surface area contributed by atoms with E-state index in [0.717, 1.165) is 22.6 Å². The number of carbonyl (C=O) groups is 3. The summed E-state index contributed by atoms with van der Waals surface area (Å²) in [6.07, 6.45) is 0. The Labute approximate surface area is 165 Å². The smallest absolute Gasteiger partial charge is 0.348 e. The molecule has 27 heavy (non-hydrogen) atoms. The number of ether oxygens (including phenoxy) is 2. The Kier molecular flexibility index (Phi) is 6.81. The molecule has 0 aliphatic heterocycles. The molecule has 7 nitrogen and oxygen atoms in total. The molecule has 2 rings (SSSR count). The molecule has 9 heteroatoms. The lowest BCUT2D eigenvalue weighted by Crippen LogP contribution is -2.22. The van der Waals surface area contributed by atoms with E-state index in [0.29, 0.717) is 10.6 Å². The zero-order chi connectivity index (χ0) is 20.1. The Morgan fingerprint density at radius 1 is 1.11 bits per heavy atom. The number of anilines is 2. The molecule has 0 fully saturated rings. The van der Waals surface area contributed by atoms with Gasteiger partial charge in [0.05, 0.1) is 26.3 Å². The Morgan fingerprint density at radius 3 is 2.41 bits per heavy atom. The summed E-state index contributed by atoms with van der Waals surface area (Å²) in [5, 5.41) is 6.42. The predicted octanol–water partition coefficient (Wildman–Crippen LogP) is 3.64. The number of rotatable bonds is 6. The largest absolute Gasteiger partial charge is 0.465 e. The van der Waals surface area contributed by atoms with Gasteiger partial charge < -0.3 is 20.1 Å². The van der Waals surface area contributed by atoms with Crippen LogP contribution in [0.4, 0.5) is 10.7 Å². The van der Waals surface area contributed by atoms with Gasteiger partial charge in [0.25, 0.3) is 0 Å². The van der Waals surface area contributed by atoms with E-state index in [9.17, 15) is 14.4 Å². The zero-order valence-corrected chi connectivity index (χ0v) is 16.8. The van der Waals surface area contributed by atoms with Gasteiger partial charge in [-0.15, -0.1) is 11.3 Å². The summed E-state index contributed by atoms with van der Waals surface area (Å²) in [6.45, 7) is 3.43. The molecule has 2 aromatic rings. The molecule has 0 unspecified atom stereocenters. The van der Waals surface area contributed by atoms with Crippen molar-refractivity contribution in [1.29, 1.82) is 0 Å². The van der Waals surface area contributed by atoms with Crippen molar-refractivity contribution in [2.75, 3.05) is 31.4 Å². The molecule has 1 aromatic heterocycles. The fraction of sp³-hybridized carbons (Fsp3) is 0.278. The van der Waals surface area contributed by atoms with Crippen LogP contribution in [0.25, 0.3) is 0 Å². The van der Waals surface area contributed by atoms with E-state index >= 15 is 0 Å². The number of halogens is 1. The van der Waals surface area contributed by atoms with Crippen molar-refractivity contribution in [1.82, 2.24) is 0 Å². The van der Waals surface area contributed by atoms with Crippen LogP contribution in [0, 0.1) is 13.8 Å². The van der Waals surface area contributed by atoms with Crippen molar-refractivity contribution >= 4 is 51.5 Å². The number of carbonyl (C=O) groups excluding carboxylic acids is 3. The minimum Gasteiger partial charge on any atom is -0.465 e. The highest BCUT2D eigenvalue weighted by Crippen LogP contribution is 2.34. The van der Waals surface area contributed by atoms with Gasteiger partial charge in [0.2, 0.25) is 5.91 Å². The molecule has 0 aliphatic rings. The van der Waals surface area contributed by atoms with Crippen LogP contribution >= 0.6 is 22.9 Å². The van der Waals surface area contributed by atoms with E-state index in [1.54, 1.807) is 19.1 Å². The summed E-state index contributed by atoms with van der Waals surface area (Å²) in [5.74, 6) is -1.62. The fourth-order valence-electron chi connectivity index (χ4n) is 2.37. The monoisotopic (exact) mass is 410 g/mol. The highest BCUT2D eigenvalue weighted by atomic mass is 35.5. The van der Waals surface area contributed by atoms with Gasteiger partial charge in [0.15, 0.2) is 0 Å². The Hall–Kier alpha value is -2.58. The van der Waals surface area contributed by atoms with Crippen molar-refractivity contribution < 1.29 is 23.9 Å². The second kappa shape index (κ2) is 8.88. The summed E-state index contributed by atoms with van der Waals surface area (Å²) in [7, 11) is 2.47. The fourth-order valence-corrected chi connectivity index (χ4v) is 3.67. The molecular formula is C18H19ClN2O5S. The van der Waals surface area contributed by atoms with Crippen LogP contribution in [0.2, 0.25) is 5.02 Å². The van der Waals surface area contributed by atoms with Crippen molar-refractivity contribution in [3.05, 3.63) is 44.8 Å². The summed E-state index contributed by atoms with van der Waals surface area (Å²) in [6, 6.07) is 5.31. The lowest BCUT2D eigenvalue weighted by atomic mass is 10.1. The lowest BCUT2D eigenvalue weighted by molar-refractivity contribution is -0.114. The Bertz CT molecular complexity index is 894. The van der Waals surface area contributed by atoms with Crippen LogP contribution in [0.5, 0.6) is 0 Å². The SMILES string of the molecule is COC(=O)c1sc(NC(=O)CNc2cc(Cl)ccc2C)c(C(=O)OC)c1C. The topological polar surface area (TPSA) is 93.7 Å². The van der Waals surface area contributed by atoms with Gasteiger partial charge >= 0.3 is 11.9 Å². The normalized spacial score (nSPS) is 10.3. The van der Waals surface area contributed by atoms with E-state index in [1.165, 1.54) is 14.2 Å². The average molecular weight is 411 g/mol. The molecule has 0 saturated heterocycles. The minimum atomic E-state index is -0.646. The highest BCUT2D eigenvalue weighted by molar-refractivity contribution is 7.18. The van der Waals surface area contributed by atoms with Crippen molar-refractivity contribution in [3.8, 4) is 0 Å². The second-order valence-corrected chi connectivity index (χ2v) is 7.06. The van der Waals surface area contributed by atoms with Crippen LogP contribution in [0.1, 0.15) is 31.2 Å². The molecule has 0 saturated carbocycles. The zero-order valence-electron chi connectivity index (χ0n) is 15.3. The number of hydrogen-bond donors (Lipinski definition) is 2. The van der Waals surface area contributed by atoms with Crippen molar-refractivity contribution in [2.24, 2.45) is 0 Å². The van der Waals surface area contributed by atoms with Gasteiger partial charge in [0.1, 0.15) is 9.88 Å². The summed E-state index contributed by atoms with van der Waals surface area (Å²) in [5.41, 5.74) is 2.19. The summed E-state index contributed by atoms with van der Waals surface area (Å²) < 4.78 is 9.47. The van der Waals surface area contributed by atoms with E-state index in [2.05, 4.69) is 10.6 Å². The van der Waals surface area contributed by atoms with Gasteiger partial charge in [-0.05, 0) is 37.1 Å². The van der Waals surface area contributed by atoms with Gasteiger partial charge in [-0.1, -0.05) is 17.7 Å². The Balaban J connectivity index is 2.20. The third-order valence-electron chi connectivity index (χ3n) is 3.80. The van der Waals surface area contributed by atoms with Crippen LogP contribution in [0.3, 0.4) is 0 Å². The molecule has 1 heterocycles. The predicted molar refractivity (Wildman–Crippen MR) is 105 cm³/mol. The summed E-state index contributed by atoms with van der Waals surface area (Å²) in [4.78, 5) is 36.5. The number of amides is 1. The van der Waals surface area contributed by atoms with E-state index in [1.807, 2.05) is 13.0 Å². The Morgan fingerprint density at radius 2 is 1.78 bits per heavy atom. The van der Waals surface area contributed by atoms with Crippen LogP contribution in [-0.4, -0.2) is 38.6 Å². The maximum Gasteiger partial charge on any atom is 0.348 e. The van der Waals surface area contributed by atoms with Gasteiger partial charge in [0, 0.05) is 10.7 Å². The molecule has 0 aliphatic carbocycles. The average Bonchev–Trinajstić information content (AvgIpc) is 2.97. The van der Waals surface area contributed by atoms with Crippen LogP contribution in [-0.2, 0) is 14.3 Å². The van der Waals surface area contributed by atoms with E-state index in [4.69, 9.17) is 21.1 Å². The third-order valence-corrected chi connectivity index (χ3v) is 5.22. The maximum absolute atomic E-state index is 12.3. The molecule has 0 spiro atoms.